The van der Waals surface area contributed by atoms with Crippen LogP contribution in [0, 0.1) is 0 Å². The van der Waals surface area contributed by atoms with E-state index < -0.39 is 37.6 Å². The molecule has 24 heavy (non-hydrogen) atoms. The molecule has 0 N–H and O–H groups in total. The molecule has 2 saturated carbocycles. The van der Waals surface area contributed by atoms with Gasteiger partial charge in [0.15, 0.2) is 0 Å². The van der Waals surface area contributed by atoms with E-state index >= 15 is 0 Å². The molecule has 0 saturated heterocycles. The van der Waals surface area contributed by atoms with Gasteiger partial charge in [0.05, 0.1) is 0 Å². The van der Waals surface area contributed by atoms with Gasteiger partial charge in [0.2, 0.25) is 0 Å². The topological polar surface area (TPSA) is 0 Å². The Balaban J connectivity index is 2.87. The molecule has 2 aliphatic rings. The summed E-state index contributed by atoms with van der Waals surface area (Å²) < 4.78 is 0.810. The molecule has 0 bridgehead atoms. The predicted octanol–water partition coefficient (Wildman–Crippen LogP) is 8.19. The van der Waals surface area contributed by atoms with Crippen molar-refractivity contribution in [1.82, 2.24) is 0 Å². The summed E-state index contributed by atoms with van der Waals surface area (Å²) in [5.41, 5.74) is 0. The van der Waals surface area contributed by atoms with Gasteiger partial charge in [-0.15, -0.1) is 0 Å². The zero-order chi connectivity index (χ0) is 18.7. The van der Waals surface area contributed by atoms with Crippen LogP contribution in [0.1, 0.15) is 51.4 Å². The number of halogens is 2. The van der Waals surface area contributed by atoms with E-state index in [4.69, 9.17) is 17.0 Å². The van der Waals surface area contributed by atoms with Crippen LogP contribution in [0.15, 0.2) is 0 Å². The van der Waals surface area contributed by atoms with E-state index in [1.54, 1.807) is 0 Å². The van der Waals surface area contributed by atoms with Gasteiger partial charge >= 0.3 is 164 Å². The van der Waals surface area contributed by atoms with E-state index in [9.17, 15) is 0 Å². The van der Waals surface area contributed by atoms with E-state index in [1.165, 1.54) is 51.4 Å². The number of hydrogen-bond acceptors (Lipinski definition) is 0. The second kappa shape index (κ2) is 6.58. The molecule has 6 heteroatoms. The minimum absolute atomic E-state index is 0.405. The molecule has 0 unspecified atom stereocenters. The minimum atomic E-state index is -4.03. The molecule has 0 aromatic heterocycles. The van der Waals surface area contributed by atoms with Crippen molar-refractivity contribution in [3.8, 4) is 0 Å². The van der Waals surface area contributed by atoms with E-state index in [1.807, 2.05) is 0 Å². The Hall–Kier alpha value is 2.11. The van der Waals surface area contributed by atoms with Gasteiger partial charge in [-0.25, -0.2) is 0 Å². The third kappa shape index (κ3) is 2.62. The Bertz CT molecular complexity index is 441. The Morgan fingerprint density at radius 1 is 0.667 bits per heavy atom. The maximum absolute atomic E-state index is 8.33. The molecule has 0 aromatic rings. The average molecular weight is 504 g/mol. The Morgan fingerprint density at radius 3 is 1.08 bits per heavy atom. The van der Waals surface area contributed by atoms with Crippen LogP contribution in [0.4, 0.5) is 0 Å². The third-order valence-electron chi connectivity index (χ3n) is 8.55. The van der Waals surface area contributed by atoms with Crippen molar-refractivity contribution in [2.24, 2.45) is 0 Å². The van der Waals surface area contributed by atoms with Gasteiger partial charge in [-0.2, -0.15) is 0 Å². The van der Waals surface area contributed by atoms with E-state index in [0.717, 1.165) is 0 Å². The van der Waals surface area contributed by atoms with Crippen LogP contribution < -0.4 is 0 Å². The monoisotopic (exact) mass is 501 g/mol. The van der Waals surface area contributed by atoms with E-state index in [-0.39, 0.29) is 0 Å². The fourth-order valence-corrected chi connectivity index (χ4v) is 118. The average Bonchev–Trinajstić information content (AvgIpc) is 3.08. The zero-order valence-corrected chi connectivity index (χ0v) is 24.6. The van der Waals surface area contributed by atoms with Crippen molar-refractivity contribution in [2.45, 2.75) is 109 Å². The third-order valence-corrected chi connectivity index (χ3v) is 98.3. The van der Waals surface area contributed by atoms with Crippen molar-refractivity contribution in [3.63, 3.8) is 0 Å². The predicted molar refractivity (Wildman–Crippen MR) is 120 cm³/mol. The summed E-state index contributed by atoms with van der Waals surface area (Å²) in [5, 5.41) is 0. The Morgan fingerprint density at radius 2 is 0.917 bits per heavy atom. The van der Waals surface area contributed by atoms with Crippen LogP contribution in [-0.2, 0) is 15.6 Å². The molecule has 0 radical (unpaired) electrons. The summed E-state index contributed by atoms with van der Waals surface area (Å²) in [4.78, 5) is 0. The fourth-order valence-electron chi connectivity index (χ4n) is 7.31. The Labute approximate surface area is 162 Å². The molecule has 0 atom stereocenters. The first-order valence-electron chi connectivity index (χ1n) is 10.2. The summed E-state index contributed by atoms with van der Waals surface area (Å²) >= 11 is -4.03. The first kappa shape index (κ1) is 22.4. The van der Waals surface area contributed by atoms with Crippen LogP contribution in [-0.4, -0.2) is 22.1 Å². The first-order valence-corrected chi connectivity index (χ1v) is 33.2. The molecule has 0 heterocycles. The molecule has 0 spiro atoms. The van der Waals surface area contributed by atoms with Crippen molar-refractivity contribution in [1.29, 1.82) is 0 Å². The van der Waals surface area contributed by atoms with Gasteiger partial charge < -0.3 is 0 Å². The normalized spacial score (nSPS) is 26.5. The van der Waals surface area contributed by atoms with Crippen LogP contribution >= 0.6 is 17.0 Å². The van der Waals surface area contributed by atoms with Crippen molar-refractivity contribution < 1.29 is 15.6 Å². The fraction of sp³-hybridized carbons (Fsp3) is 1.00. The molecule has 2 fully saturated rings. The molecule has 0 aromatic carbocycles. The van der Waals surface area contributed by atoms with Crippen LogP contribution in [0.5, 0.6) is 0 Å². The van der Waals surface area contributed by atoms with Crippen molar-refractivity contribution in [2.75, 3.05) is 0 Å². The van der Waals surface area contributed by atoms with Crippen molar-refractivity contribution >= 4 is 39.1 Å². The summed E-state index contributed by atoms with van der Waals surface area (Å²) in [6.45, 7) is 20.8. The van der Waals surface area contributed by atoms with Gasteiger partial charge in [-0.05, 0) is 0 Å². The quantitative estimate of drug-likeness (QED) is 0.332. The van der Waals surface area contributed by atoms with Gasteiger partial charge in [-0.3, -0.25) is 0 Å². The van der Waals surface area contributed by atoms with Gasteiger partial charge in [0.25, 0.3) is 0 Å². The second-order valence-electron chi connectivity index (χ2n) is 11.3. The molecule has 143 valence electrons. The zero-order valence-electron chi connectivity index (χ0n) is 17.5. The van der Waals surface area contributed by atoms with Gasteiger partial charge in [0.1, 0.15) is 0 Å². The van der Waals surface area contributed by atoms with Gasteiger partial charge in [0, 0.05) is 0 Å². The van der Waals surface area contributed by atoms with Crippen molar-refractivity contribution in [3.05, 3.63) is 0 Å². The molecule has 2 aliphatic carbocycles. The molecule has 2 rings (SSSR count). The first-order chi connectivity index (χ1) is 10.7. The summed E-state index contributed by atoms with van der Waals surface area (Å²) in [6.07, 6.45) is 11.0. The SMILES string of the molecule is C[SiH](C)[Zr]([Cl])([Cl])([C]1([Si](C)(C)C)CCCC1)[C]1([Si](C)(C)C)CCCC1. The van der Waals surface area contributed by atoms with Crippen LogP contribution in [0.3, 0.4) is 0 Å². The number of rotatable bonds is 5. The van der Waals surface area contributed by atoms with Crippen LogP contribution in [0.2, 0.25) is 57.9 Å². The molecule has 0 amide bonds. The molecule has 0 aliphatic heterocycles. The van der Waals surface area contributed by atoms with E-state index in [2.05, 4.69) is 52.4 Å². The van der Waals surface area contributed by atoms with Gasteiger partial charge in [-0.1, -0.05) is 0 Å². The molecular formula is C18H41Cl2Si3Zr. The summed E-state index contributed by atoms with van der Waals surface area (Å²) in [7, 11) is 13.8. The number of hydrogen-bond donors (Lipinski definition) is 0. The van der Waals surface area contributed by atoms with E-state index in [0.29, 0.717) is 5.49 Å². The standard InChI is InChI=1S/2C8H17Si.C2H7Si.2ClH.Zr/c2*1-9(2,3)8-6-4-5-7-8;1-3-2;;;/h2*4-7H2,1-3H3;3H,1-2H3;2*1H;/q;;;;;+2/p-2. The second-order valence-corrected chi connectivity index (χ2v) is 67.1. The Kier molecular flexibility index (Phi) is 6.14. The molecule has 0 nitrogen and oxygen atoms in total. The summed E-state index contributed by atoms with van der Waals surface area (Å²) in [5.74, 6) is -1.15. The maximum atomic E-state index is 8.33. The van der Waals surface area contributed by atoms with Crippen LogP contribution in [0.25, 0.3) is 0 Å². The summed E-state index contributed by atoms with van der Waals surface area (Å²) in [6, 6.07) is 0. The molecular weight excluding hydrogens is 463 g/mol.